The summed E-state index contributed by atoms with van der Waals surface area (Å²) in [6.45, 7) is 7.93. The Hall–Kier alpha value is -1.64. The van der Waals surface area contributed by atoms with Gasteiger partial charge in [-0.1, -0.05) is 24.3 Å². The van der Waals surface area contributed by atoms with Gasteiger partial charge in [-0.25, -0.2) is 0 Å². The van der Waals surface area contributed by atoms with Gasteiger partial charge in [0.2, 0.25) is 5.91 Å². The topological polar surface area (TPSA) is 36.0 Å². The van der Waals surface area contributed by atoms with Crippen LogP contribution in [0.25, 0.3) is 0 Å². The lowest BCUT2D eigenvalue weighted by Crippen LogP contribution is -2.43. The van der Waals surface area contributed by atoms with E-state index < -0.39 is 12.6 Å². The molecule has 8 heteroatoms. The normalized spacial score (nSPS) is 26.2. The van der Waals surface area contributed by atoms with E-state index in [4.69, 9.17) is 4.74 Å². The number of alkyl halides is 3. The molecule has 3 fully saturated rings. The van der Waals surface area contributed by atoms with Gasteiger partial charge in [-0.15, -0.1) is 0 Å². The largest absolute Gasteiger partial charge is 0.393 e. The van der Waals surface area contributed by atoms with Gasteiger partial charge in [0.15, 0.2) is 0 Å². The van der Waals surface area contributed by atoms with Crippen molar-refractivity contribution in [1.29, 1.82) is 0 Å². The highest BCUT2D eigenvalue weighted by atomic mass is 19.4. The van der Waals surface area contributed by atoms with Crippen molar-refractivity contribution in [3.05, 3.63) is 35.4 Å². The average Bonchev–Trinajstić information content (AvgIpc) is 3.24. The van der Waals surface area contributed by atoms with Crippen molar-refractivity contribution < 1.29 is 22.7 Å². The molecule has 4 rings (SSSR count). The number of benzene rings is 1. The maximum Gasteiger partial charge on any atom is 0.393 e. The van der Waals surface area contributed by atoms with E-state index in [9.17, 15) is 18.0 Å². The van der Waals surface area contributed by atoms with Gasteiger partial charge in [-0.2, -0.15) is 13.2 Å². The zero-order chi connectivity index (χ0) is 21.2. The lowest BCUT2D eigenvalue weighted by molar-refractivity contribution is -0.135. The maximum absolute atomic E-state index is 13.1. The number of ether oxygens (including phenoxy) is 1. The summed E-state index contributed by atoms with van der Waals surface area (Å²) in [7, 11) is 0. The van der Waals surface area contributed by atoms with Gasteiger partial charge < -0.3 is 9.64 Å². The van der Waals surface area contributed by atoms with E-state index in [-0.39, 0.29) is 11.3 Å². The monoisotopic (exact) mass is 425 g/mol. The molecule has 0 aromatic heterocycles. The van der Waals surface area contributed by atoms with Gasteiger partial charge in [-0.3, -0.25) is 14.6 Å². The number of carbonyl (C=O) groups excluding carboxylic acids is 1. The first-order valence-corrected chi connectivity index (χ1v) is 10.8. The molecule has 1 atom stereocenters. The second-order valence-electron chi connectivity index (χ2n) is 8.85. The fourth-order valence-corrected chi connectivity index (χ4v) is 4.99. The van der Waals surface area contributed by atoms with E-state index >= 15 is 0 Å². The number of morpholine rings is 1. The molecule has 1 spiro atoms. The number of amides is 1. The summed E-state index contributed by atoms with van der Waals surface area (Å²) >= 11 is 0. The third-order valence-electron chi connectivity index (χ3n) is 6.63. The standard InChI is InChI=1S/C22H30F3N3O2/c23-22(24,25)15-18-2-1-3-19(14-18)16-27-6-4-21(17-27)5-7-28(20(21)29)9-8-26-10-12-30-13-11-26/h1-3,14H,4-13,15-17H2. The first-order valence-electron chi connectivity index (χ1n) is 10.8. The summed E-state index contributed by atoms with van der Waals surface area (Å²) in [5.74, 6) is 0.254. The summed E-state index contributed by atoms with van der Waals surface area (Å²) in [5, 5.41) is 0. The Morgan fingerprint density at radius 2 is 1.70 bits per heavy atom. The molecule has 0 aliphatic carbocycles. The van der Waals surface area contributed by atoms with Crippen LogP contribution in [0.15, 0.2) is 24.3 Å². The van der Waals surface area contributed by atoms with Crippen molar-refractivity contribution in [3.8, 4) is 0 Å². The molecule has 3 heterocycles. The molecule has 1 amide bonds. The summed E-state index contributed by atoms with van der Waals surface area (Å²) in [5.41, 5.74) is 0.859. The third-order valence-corrected chi connectivity index (χ3v) is 6.63. The Morgan fingerprint density at radius 3 is 2.47 bits per heavy atom. The van der Waals surface area contributed by atoms with Crippen LogP contribution in [0.4, 0.5) is 13.2 Å². The molecule has 0 saturated carbocycles. The molecule has 1 unspecified atom stereocenters. The van der Waals surface area contributed by atoms with E-state index in [1.54, 1.807) is 12.1 Å². The predicted molar refractivity (Wildman–Crippen MR) is 107 cm³/mol. The van der Waals surface area contributed by atoms with Gasteiger partial charge in [-0.05, 0) is 30.5 Å². The van der Waals surface area contributed by atoms with Crippen LogP contribution in [0.1, 0.15) is 24.0 Å². The van der Waals surface area contributed by atoms with Gasteiger partial charge in [0, 0.05) is 45.8 Å². The summed E-state index contributed by atoms with van der Waals surface area (Å²) < 4.78 is 43.4. The van der Waals surface area contributed by atoms with Crippen molar-refractivity contribution in [3.63, 3.8) is 0 Å². The van der Waals surface area contributed by atoms with E-state index in [0.717, 1.165) is 70.9 Å². The summed E-state index contributed by atoms with van der Waals surface area (Å²) in [4.78, 5) is 19.7. The molecule has 3 aliphatic heterocycles. The summed E-state index contributed by atoms with van der Waals surface area (Å²) in [6.07, 6.45) is -3.39. The minimum absolute atomic E-state index is 0.254. The first-order chi connectivity index (χ1) is 14.3. The highest BCUT2D eigenvalue weighted by Crippen LogP contribution is 2.41. The fourth-order valence-electron chi connectivity index (χ4n) is 4.99. The minimum atomic E-state index is -4.20. The third kappa shape index (κ3) is 5.15. The Balaban J connectivity index is 1.30. The number of carbonyl (C=O) groups is 1. The van der Waals surface area contributed by atoms with Gasteiger partial charge in [0.1, 0.15) is 0 Å². The lowest BCUT2D eigenvalue weighted by atomic mass is 9.85. The van der Waals surface area contributed by atoms with Crippen molar-refractivity contribution in [2.45, 2.75) is 32.0 Å². The van der Waals surface area contributed by atoms with Gasteiger partial charge in [0.05, 0.1) is 25.0 Å². The fraction of sp³-hybridized carbons (Fsp3) is 0.682. The van der Waals surface area contributed by atoms with Crippen LogP contribution < -0.4 is 0 Å². The van der Waals surface area contributed by atoms with Crippen molar-refractivity contribution in [1.82, 2.24) is 14.7 Å². The molecule has 0 radical (unpaired) electrons. The van der Waals surface area contributed by atoms with Crippen LogP contribution in [0.2, 0.25) is 0 Å². The minimum Gasteiger partial charge on any atom is -0.379 e. The Bertz CT molecular complexity index is 751. The highest BCUT2D eigenvalue weighted by molar-refractivity contribution is 5.85. The molecule has 0 bridgehead atoms. The molecule has 1 aromatic rings. The van der Waals surface area contributed by atoms with Crippen molar-refractivity contribution in [2.75, 3.05) is 59.0 Å². The zero-order valence-electron chi connectivity index (χ0n) is 17.3. The number of nitrogens with zero attached hydrogens (tertiary/aromatic N) is 3. The van der Waals surface area contributed by atoms with Crippen LogP contribution >= 0.6 is 0 Å². The second kappa shape index (κ2) is 8.85. The molecule has 3 aliphatic rings. The first kappa shape index (κ1) is 21.6. The molecule has 0 N–H and O–H groups in total. The SMILES string of the molecule is O=C1N(CCN2CCOCC2)CCC12CCN(Cc1cccc(CC(F)(F)F)c1)C2. The van der Waals surface area contributed by atoms with E-state index in [1.165, 1.54) is 6.07 Å². The number of hydrogen-bond donors (Lipinski definition) is 0. The van der Waals surface area contributed by atoms with E-state index in [1.807, 2.05) is 11.0 Å². The molecular formula is C22H30F3N3O2. The number of rotatable bonds is 6. The Morgan fingerprint density at radius 1 is 0.967 bits per heavy atom. The molecule has 166 valence electrons. The molecule has 5 nitrogen and oxygen atoms in total. The Labute approximate surface area is 175 Å². The maximum atomic E-state index is 13.1. The van der Waals surface area contributed by atoms with Crippen molar-refractivity contribution in [2.24, 2.45) is 5.41 Å². The number of halogens is 3. The van der Waals surface area contributed by atoms with Crippen LogP contribution in [0, 0.1) is 5.41 Å². The molecule has 3 saturated heterocycles. The summed E-state index contributed by atoms with van der Waals surface area (Å²) in [6, 6.07) is 6.73. The lowest BCUT2D eigenvalue weighted by Gasteiger charge is -2.29. The van der Waals surface area contributed by atoms with Crippen LogP contribution in [0.3, 0.4) is 0 Å². The average molecular weight is 425 g/mol. The highest BCUT2D eigenvalue weighted by Gasteiger charge is 2.50. The van der Waals surface area contributed by atoms with Crippen molar-refractivity contribution >= 4 is 5.91 Å². The van der Waals surface area contributed by atoms with E-state index in [2.05, 4.69) is 9.80 Å². The van der Waals surface area contributed by atoms with E-state index in [0.29, 0.717) is 18.7 Å². The van der Waals surface area contributed by atoms with Crippen LogP contribution in [0.5, 0.6) is 0 Å². The number of hydrogen-bond acceptors (Lipinski definition) is 4. The zero-order valence-corrected chi connectivity index (χ0v) is 17.3. The van der Waals surface area contributed by atoms with Gasteiger partial charge >= 0.3 is 6.18 Å². The molecule has 30 heavy (non-hydrogen) atoms. The number of likely N-dealkylation sites (tertiary alicyclic amines) is 2. The van der Waals surface area contributed by atoms with Crippen LogP contribution in [-0.2, 0) is 22.5 Å². The van der Waals surface area contributed by atoms with Gasteiger partial charge in [0.25, 0.3) is 0 Å². The molecular weight excluding hydrogens is 395 g/mol. The second-order valence-corrected chi connectivity index (χ2v) is 8.85. The van der Waals surface area contributed by atoms with Crippen LogP contribution in [-0.4, -0.2) is 85.8 Å². The Kier molecular flexibility index (Phi) is 6.36. The molecule has 1 aromatic carbocycles. The smallest absolute Gasteiger partial charge is 0.379 e. The quantitative estimate of drug-likeness (QED) is 0.702. The predicted octanol–water partition coefficient (Wildman–Crippen LogP) is 2.55.